The minimum atomic E-state index is -0.100. The normalized spacial score (nSPS) is 16.0. The Morgan fingerprint density at radius 1 is 1.24 bits per heavy atom. The molecular formula is C17H33N3O. The third kappa shape index (κ3) is 5.11. The molecule has 0 saturated heterocycles. The number of hydrogen-bond donors (Lipinski definition) is 1. The second-order valence-corrected chi connectivity index (χ2v) is 7.74. The monoisotopic (exact) mass is 295 g/mol. The van der Waals surface area contributed by atoms with Crippen LogP contribution in [0, 0.1) is 6.92 Å². The molecule has 2 atom stereocenters. The van der Waals surface area contributed by atoms with E-state index in [1.165, 1.54) is 5.56 Å². The highest BCUT2D eigenvalue weighted by molar-refractivity contribution is 5.20. The van der Waals surface area contributed by atoms with Crippen molar-refractivity contribution in [2.75, 3.05) is 7.11 Å². The summed E-state index contributed by atoms with van der Waals surface area (Å²) in [5, 5.41) is 8.31. The van der Waals surface area contributed by atoms with Crippen molar-refractivity contribution < 1.29 is 4.74 Å². The van der Waals surface area contributed by atoms with Gasteiger partial charge < -0.3 is 10.1 Å². The van der Waals surface area contributed by atoms with E-state index in [1.54, 1.807) is 7.11 Å². The molecule has 21 heavy (non-hydrogen) atoms. The van der Waals surface area contributed by atoms with Crippen LogP contribution in [0.3, 0.4) is 0 Å². The van der Waals surface area contributed by atoms with E-state index in [-0.39, 0.29) is 17.2 Å². The fourth-order valence-electron chi connectivity index (χ4n) is 2.64. The maximum atomic E-state index is 5.51. The Balaban J connectivity index is 2.76. The molecule has 0 bridgehead atoms. The number of aromatic nitrogens is 2. The molecular weight excluding hydrogens is 262 g/mol. The molecule has 0 spiro atoms. The van der Waals surface area contributed by atoms with Gasteiger partial charge in [-0.15, -0.1) is 0 Å². The van der Waals surface area contributed by atoms with E-state index in [1.807, 2.05) is 0 Å². The van der Waals surface area contributed by atoms with Crippen LogP contribution in [0.25, 0.3) is 0 Å². The predicted molar refractivity (Wildman–Crippen MR) is 88.7 cm³/mol. The quantitative estimate of drug-likeness (QED) is 0.867. The smallest absolute Gasteiger partial charge is 0.0641 e. The van der Waals surface area contributed by atoms with E-state index in [0.29, 0.717) is 6.04 Å². The highest BCUT2D eigenvalue weighted by Gasteiger charge is 2.23. The standard InChI is InChI=1S/C17H33N3O/c1-12(10-17(7,8)21-9)18-13(2)15-11-20(16(4,5)6)19-14(15)3/h11-13,18H,10H2,1-9H3/t12-,13-/m0/s1. The summed E-state index contributed by atoms with van der Waals surface area (Å²) in [6.07, 6.45) is 3.14. The Morgan fingerprint density at radius 2 is 1.81 bits per heavy atom. The third-order valence-electron chi connectivity index (χ3n) is 3.98. The van der Waals surface area contributed by atoms with Gasteiger partial charge in [0.1, 0.15) is 0 Å². The van der Waals surface area contributed by atoms with Crippen LogP contribution >= 0.6 is 0 Å². The number of nitrogens with zero attached hydrogens (tertiary/aromatic N) is 2. The van der Waals surface area contributed by atoms with Crippen LogP contribution in [0.15, 0.2) is 6.20 Å². The molecule has 1 heterocycles. The van der Waals surface area contributed by atoms with Gasteiger partial charge in [0.05, 0.1) is 16.8 Å². The first-order valence-corrected chi connectivity index (χ1v) is 7.84. The number of aryl methyl sites for hydroxylation is 1. The van der Waals surface area contributed by atoms with Gasteiger partial charge in [0.15, 0.2) is 0 Å². The summed E-state index contributed by atoms with van der Waals surface area (Å²) in [5.74, 6) is 0. The van der Waals surface area contributed by atoms with Crippen molar-refractivity contribution in [2.45, 2.75) is 85.0 Å². The Kier molecular flexibility index (Phi) is 5.62. The first-order chi connectivity index (χ1) is 9.46. The molecule has 0 unspecified atom stereocenters. The number of methoxy groups -OCH3 is 1. The molecule has 1 aromatic rings. The molecule has 4 nitrogen and oxygen atoms in total. The van der Waals surface area contributed by atoms with Gasteiger partial charge in [0, 0.05) is 31.0 Å². The lowest BCUT2D eigenvalue weighted by Crippen LogP contribution is -2.37. The first-order valence-electron chi connectivity index (χ1n) is 7.84. The second kappa shape index (κ2) is 6.49. The fourth-order valence-corrected chi connectivity index (χ4v) is 2.64. The van der Waals surface area contributed by atoms with Crippen LogP contribution in [-0.2, 0) is 10.3 Å². The van der Waals surface area contributed by atoms with Gasteiger partial charge in [-0.25, -0.2) is 0 Å². The van der Waals surface area contributed by atoms with Gasteiger partial charge in [-0.3, -0.25) is 4.68 Å². The molecule has 0 aromatic carbocycles. The molecule has 0 amide bonds. The zero-order valence-corrected chi connectivity index (χ0v) is 15.2. The summed E-state index contributed by atoms with van der Waals surface area (Å²) in [6, 6.07) is 0.663. The number of rotatable bonds is 6. The summed E-state index contributed by atoms with van der Waals surface area (Å²) in [4.78, 5) is 0. The zero-order chi connectivity index (χ0) is 16.4. The van der Waals surface area contributed by atoms with Crippen LogP contribution in [0.5, 0.6) is 0 Å². The minimum Gasteiger partial charge on any atom is -0.379 e. The van der Waals surface area contributed by atoms with E-state index >= 15 is 0 Å². The van der Waals surface area contributed by atoms with Crippen LogP contribution < -0.4 is 5.32 Å². The third-order valence-corrected chi connectivity index (χ3v) is 3.98. The van der Waals surface area contributed by atoms with Crippen molar-refractivity contribution in [1.29, 1.82) is 0 Å². The summed E-state index contributed by atoms with van der Waals surface area (Å²) in [6.45, 7) is 17.3. The average Bonchev–Trinajstić information content (AvgIpc) is 2.70. The van der Waals surface area contributed by atoms with Crippen molar-refractivity contribution in [3.63, 3.8) is 0 Å². The number of hydrogen-bond acceptors (Lipinski definition) is 3. The summed E-state index contributed by atoms with van der Waals surface area (Å²) in [5.41, 5.74) is 2.29. The molecule has 0 aliphatic rings. The minimum absolute atomic E-state index is 0.0202. The van der Waals surface area contributed by atoms with Gasteiger partial charge in [-0.1, -0.05) is 0 Å². The Labute approximate surface area is 130 Å². The Bertz CT molecular complexity index is 457. The van der Waals surface area contributed by atoms with Crippen molar-refractivity contribution in [1.82, 2.24) is 15.1 Å². The van der Waals surface area contributed by atoms with E-state index < -0.39 is 0 Å². The highest BCUT2D eigenvalue weighted by Crippen LogP contribution is 2.23. The van der Waals surface area contributed by atoms with E-state index in [4.69, 9.17) is 4.74 Å². The van der Waals surface area contributed by atoms with Crippen molar-refractivity contribution in [2.24, 2.45) is 0 Å². The van der Waals surface area contributed by atoms with Crippen LogP contribution in [-0.4, -0.2) is 28.5 Å². The maximum Gasteiger partial charge on any atom is 0.0641 e. The highest BCUT2D eigenvalue weighted by atomic mass is 16.5. The summed E-state index contributed by atoms with van der Waals surface area (Å²) < 4.78 is 7.57. The fraction of sp³-hybridized carbons (Fsp3) is 0.824. The zero-order valence-electron chi connectivity index (χ0n) is 15.2. The molecule has 0 fully saturated rings. The second-order valence-electron chi connectivity index (χ2n) is 7.74. The molecule has 0 radical (unpaired) electrons. The number of ether oxygens (including phenoxy) is 1. The SMILES string of the molecule is COC(C)(C)C[C@H](C)N[C@@H](C)c1cn(C(C)(C)C)nc1C. The molecule has 122 valence electrons. The van der Waals surface area contributed by atoms with E-state index in [0.717, 1.165) is 12.1 Å². The van der Waals surface area contributed by atoms with E-state index in [9.17, 15) is 0 Å². The van der Waals surface area contributed by atoms with Gasteiger partial charge >= 0.3 is 0 Å². The maximum absolute atomic E-state index is 5.51. The van der Waals surface area contributed by atoms with Gasteiger partial charge in [-0.05, 0) is 61.8 Å². The lowest BCUT2D eigenvalue weighted by molar-refractivity contribution is 0.00782. The van der Waals surface area contributed by atoms with Gasteiger partial charge in [-0.2, -0.15) is 5.10 Å². The van der Waals surface area contributed by atoms with Gasteiger partial charge in [0.25, 0.3) is 0 Å². The topological polar surface area (TPSA) is 39.1 Å². The van der Waals surface area contributed by atoms with Crippen molar-refractivity contribution in [3.8, 4) is 0 Å². The first kappa shape index (κ1) is 18.2. The van der Waals surface area contributed by atoms with Gasteiger partial charge in [0.2, 0.25) is 0 Å². The number of nitrogens with one attached hydrogen (secondary N) is 1. The molecule has 1 rings (SSSR count). The summed E-state index contributed by atoms with van der Waals surface area (Å²) in [7, 11) is 1.77. The molecule has 1 aromatic heterocycles. The lowest BCUT2D eigenvalue weighted by Gasteiger charge is -2.29. The van der Waals surface area contributed by atoms with Crippen LogP contribution in [0.2, 0.25) is 0 Å². The Hall–Kier alpha value is -0.870. The predicted octanol–water partition coefficient (Wildman–Crippen LogP) is 3.80. The van der Waals surface area contributed by atoms with E-state index in [2.05, 4.69) is 76.7 Å². The van der Waals surface area contributed by atoms with Crippen molar-refractivity contribution >= 4 is 0 Å². The molecule has 0 aliphatic carbocycles. The summed E-state index contributed by atoms with van der Waals surface area (Å²) >= 11 is 0. The molecule has 0 saturated carbocycles. The largest absolute Gasteiger partial charge is 0.379 e. The average molecular weight is 295 g/mol. The molecule has 0 aliphatic heterocycles. The van der Waals surface area contributed by atoms with Crippen LogP contribution in [0.4, 0.5) is 0 Å². The Morgan fingerprint density at radius 3 is 2.24 bits per heavy atom. The lowest BCUT2D eigenvalue weighted by atomic mass is 9.98. The molecule has 4 heteroatoms. The molecule has 1 N–H and O–H groups in total. The van der Waals surface area contributed by atoms with Crippen LogP contribution in [0.1, 0.15) is 72.2 Å². The van der Waals surface area contributed by atoms with Crippen molar-refractivity contribution in [3.05, 3.63) is 17.5 Å².